The zero-order valence-electron chi connectivity index (χ0n) is 12.7. The maximum absolute atomic E-state index is 2.33. The van der Waals surface area contributed by atoms with Gasteiger partial charge in [-0.25, -0.2) is 0 Å². The third-order valence-corrected chi connectivity index (χ3v) is 2.76. The molecule has 1 saturated carbocycles. The highest BCUT2D eigenvalue weighted by molar-refractivity contribution is 4.71. The largest absolute Gasteiger partial charge is 0.0683 e. The Kier molecular flexibility index (Phi) is 26.6. The first-order valence-electron chi connectivity index (χ1n) is 7.22. The molecular weight excluding hydrogens is 180 g/mol. The summed E-state index contributed by atoms with van der Waals surface area (Å²) in [5.74, 6) is 2.06. The molecule has 1 fully saturated rings. The highest BCUT2D eigenvalue weighted by Crippen LogP contribution is 2.32. The van der Waals surface area contributed by atoms with E-state index in [1.165, 1.54) is 32.1 Å². The third-order valence-electron chi connectivity index (χ3n) is 2.76. The molecule has 0 heteroatoms. The maximum Gasteiger partial charge on any atom is -0.0417 e. The van der Waals surface area contributed by atoms with Crippen molar-refractivity contribution in [2.45, 2.75) is 87.5 Å². The van der Waals surface area contributed by atoms with Crippen molar-refractivity contribution in [3.63, 3.8) is 0 Å². The topological polar surface area (TPSA) is 0 Å². The van der Waals surface area contributed by atoms with Gasteiger partial charge < -0.3 is 0 Å². The standard InChI is InChI=1S/C6H12.C5H12.2C2H6/c1-5-3-4-6(5)2;1-3-5-4-2;2*1-2/h5-6H,3-4H2,1-2H3;3-5H2,1-2H3;2*1-2H3. The van der Waals surface area contributed by atoms with Crippen molar-refractivity contribution in [2.75, 3.05) is 0 Å². The lowest BCUT2D eigenvalue weighted by atomic mass is 9.77. The van der Waals surface area contributed by atoms with Crippen LogP contribution in [-0.2, 0) is 0 Å². The van der Waals surface area contributed by atoms with Gasteiger partial charge in [0, 0.05) is 0 Å². The molecule has 0 aromatic rings. The van der Waals surface area contributed by atoms with Crippen molar-refractivity contribution in [2.24, 2.45) is 11.8 Å². The molecule has 0 aromatic heterocycles. The molecule has 0 heterocycles. The predicted octanol–water partition coefficient (Wildman–Crippen LogP) is 6.30. The van der Waals surface area contributed by atoms with Crippen LogP contribution in [0.3, 0.4) is 0 Å². The van der Waals surface area contributed by atoms with Gasteiger partial charge in [-0.1, -0.05) is 87.5 Å². The van der Waals surface area contributed by atoms with E-state index < -0.39 is 0 Å². The van der Waals surface area contributed by atoms with Gasteiger partial charge in [0.25, 0.3) is 0 Å². The van der Waals surface area contributed by atoms with Crippen LogP contribution < -0.4 is 0 Å². The van der Waals surface area contributed by atoms with Gasteiger partial charge in [-0.15, -0.1) is 0 Å². The van der Waals surface area contributed by atoms with Gasteiger partial charge in [-0.05, 0) is 11.8 Å². The van der Waals surface area contributed by atoms with Crippen molar-refractivity contribution in [3.05, 3.63) is 0 Å². The van der Waals surface area contributed by atoms with Crippen LogP contribution in [0, 0.1) is 11.8 Å². The first kappa shape index (κ1) is 20.4. The Morgan fingerprint density at radius 3 is 1.00 bits per heavy atom. The summed E-state index contributed by atoms with van der Waals surface area (Å²) in [5, 5.41) is 0. The summed E-state index contributed by atoms with van der Waals surface area (Å²) in [6.45, 7) is 17.1. The molecule has 0 aliphatic heterocycles. The Morgan fingerprint density at radius 1 is 0.733 bits per heavy atom. The minimum atomic E-state index is 1.03. The molecule has 15 heavy (non-hydrogen) atoms. The van der Waals surface area contributed by atoms with Gasteiger partial charge in [0.05, 0.1) is 0 Å². The lowest BCUT2D eigenvalue weighted by Gasteiger charge is -2.29. The molecule has 1 rings (SSSR count). The van der Waals surface area contributed by atoms with Crippen LogP contribution in [0.25, 0.3) is 0 Å². The van der Waals surface area contributed by atoms with Gasteiger partial charge >= 0.3 is 0 Å². The smallest absolute Gasteiger partial charge is 0.0417 e. The average Bonchev–Trinajstić information content (AvgIpc) is 2.33. The lowest BCUT2D eigenvalue weighted by molar-refractivity contribution is 0.219. The SMILES string of the molecule is CC.CC.CC1CCC1C.CCCCC. The summed E-state index contributed by atoms with van der Waals surface area (Å²) in [4.78, 5) is 0. The molecule has 0 amide bonds. The monoisotopic (exact) mass is 216 g/mol. The van der Waals surface area contributed by atoms with E-state index in [2.05, 4.69) is 27.7 Å². The van der Waals surface area contributed by atoms with Crippen LogP contribution in [0.5, 0.6) is 0 Å². The van der Waals surface area contributed by atoms with Crippen LogP contribution in [0.15, 0.2) is 0 Å². The molecule has 0 N–H and O–H groups in total. The Bertz CT molecular complexity index is 66.1. The van der Waals surface area contributed by atoms with E-state index in [1.807, 2.05) is 27.7 Å². The fraction of sp³-hybridized carbons (Fsp3) is 1.00. The Hall–Kier alpha value is 0. The highest BCUT2D eigenvalue weighted by atomic mass is 14.3. The highest BCUT2D eigenvalue weighted by Gasteiger charge is 2.20. The fourth-order valence-electron chi connectivity index (χ4n) is 1.19. The molecular formula is C15H36. The normalized spacial score (nSPS) is 21.6. The van der Waals surface area contributed by atoms with Crippen LogP contribution in [0.1, 0.15) is 87.5 Å². The fourth-order valence-corrected chi connectivity index (χ4v) is 1.19. The van der Waals surface area contributed by atoms with E-state index in [4.69, 9.17) is 0 Å². The van der Waals surface area contributed by atoms with Crippen LogP contribution in [0.2, 0.25) is 0 Å². The average molecular weight is 216 g/mol. The number of rotatable bonds is 2. The molecule has 0 aromatic carbocycles. The molecule has 0 radical (unpaired) electrons. The number of unbranched alkanes of at least 4 members (excludes halogenated alkanes) is 2. The van der Waals surface area contributed by atoms with Gasteiger partial charge in [-0.2, -0.15) is 0 Å². The zero-order chi connectivity index (χ0) is 12.7. The molecule has 1 aliphatic carbocycles. The molecule has 1 aliphatic rings. The molecule has 96 valence electrons. The molecule has 0 bridgehead atoms. The van der Waals surface area contributed by atoms with Gasteiger partial charge in [0.15, 0.2) is 0 Å². The van der Waals surface area contributed by atoms with Crippen molar-refractivity contribution >= 4 is 0 Å². The zero-order valence-corrected chi connectivity index (χ0v) is 12.7. The van der Waals surface area contributed by atoms with E-state index in [1.54, 1.807) is 0 Å². The van der Waals surface area contributed by atoms with Crippen molar-refractivity contribution < 1.29 is 0 Å². The summed E-state index contributed by atoms with van der Waals surface area (Å²) in [5.41, 5.74) is 0. The number of hydrogen-bond acceptors (Lipinski definition) is 0. The molecule has 2 unspecified atom stereocenters. The molecule has 0 spiro atoms. The van der Waals surface area contributed by atoms with Crippen molar-refractivity contribution in [1.82, 2.24) is 0 Å². The summed E-state index contributed by atoms with van der Waals surface area (Å²) in [6, 6.07) is 0. The Labute approximate surface area is 99.9 Å². The predicted molar refractivity (Wildman–Crippen MR) is 75.5 cm³/mol. The second-order valence-corrected chi connectivity index (χ2v) is 3.89. The minimum Gasteiger partial charge on any atom is -0.0683 e. The molecule has 0 saturated heterocycles. The summed E-state index contributed by atoms with van der Waals surface area (Å²) in [7, 11) is 0. The van der Waals surface area contributed by atoms with Gasteiger partial charge in [0.2, 0.25) is 0 Å². The van der Waals surface area contributed by atoms with Crippen LogP contribution >= 0.6 is 0 Å². The van der Waals surface area contributed by atoms with E-state index in [9.17, 15) is 0 Å². The lowest BCUT2D eigenvalue weighted by Crippen LogP contribution is -2.18. The summed E-state index contributed by atoms with van der Waals surface area (Å²) >= 11 is 0. The van der Waals surface area contributed by atoms with Gasteiger partial charge in [0.1, 0.15) is 0 Å². The third kappa shape index (κ3) is 16.7. The summed E-state index contributed by atoms with van der Waals surface area (Å²) < 4.78 is 0. The van der Waals surface area contributed by atoms with Crippen molar-refractivity contribution in [3.8, 4) is 0 Å². The van der Waals surface area contributed by atoms with E-state index >= 15 is 0 Å². The van der Waals surface area contributed by atoms with Crippen LogP contribution in [-0.4, -0.2) is 0 Å². The van der Waals surface area contributed by atoms with E-state index in [0.717, 1.165) is 11.8 Å². The quantitative estimate of drug-likeness (QED) is 0.508. The van der Waals surface area contributed by atoms with Gasteiger partial charge in [-0.3, -0.25) is 0 Å². The first-order chi connectivity index (χ1) is 7.22. The maximum atomic E-state index is 2.33. The Balaban J connectivity index is -0.000000146. The van der Waals surface area contributed by atoms with E-state index in [-0.39, 0.29) is 0 Å². The second-order valence-electron chi connectivity index (χ2n) is 3.89. The molecule has 0 nitrogen and oxygen atoms in total. The second kappa shape index (κ2) is 19.6. The summed E-state index contributed by atoms with van der Waals surface area (Å²) in [6.07, 6.45) is 7.02. The first-order valence-corrected chi connectivity index (χ1v) is 7.22. The van der Waals surface area contributed by atoms with Crippen molar-refractivity contribution in [1.29, 1.82) is 0 Å². The number of hydrogen-bond donors (Lipinski definition) is 0. The van der Waals surface area contributed by atoms with Crippen LogP contribution in [0.4, 0.5) is 0 Å². The minimum absolute atomic E-state index is 1.03. The molecule has 2 atom stereocenters. The van der Waals surface area contributed by atoms with E-state index in [0.29, 0.717) is 0 Å². The Morgan fingerprint density at radius 2 is 1.00 bits per heavy atom.